The van der Waals surface area contributed by atoms with Crippen molar-refractivity contribution in [3.8, 4) is 0 Å². The summed E-state index contributed by atoms with van der Waals surface area (Å²) >= 11 is 0. The third-order valence-electron chi connectivity index (χ3n) is 4.11. The summed E-state index contributed by atoms with van der Waals surface area (Å²) < 4.78 is 5.19. The maximum absolute atomic E-state index is 5.19. The van der Waals surface area contributed by atoms with Gasteiger partial charge in [0.1, 0.15) is 0 Å². The molecule has 0 saturated heterocycles. The van der Waals surface area contributed by atoms with Gasteiger partial charge in [0.05, 0.1) is 0 Å². The van der Waals surface area contributed by atoms with E-state index in [2.05, 4.69) is 36.5 Å². The Bertz CT molecular complexity index is 371. The van der Waals surface area contributed by atoms with Gasteiger partial charge in [-0.1, -0.05) is 31.2 Å². The topological polar surface area (TPSA) is 21.3 Å². The predicted molar refractivity (Wildman–Crippen MR) is 75.7 cm³/mol. The van der Waals surface area contributed by atoms with E-state index in [0.717, 1.165) is 26.1 Å². The van der Waals surface area contributed by atoms with Gasteiger partial charge in [-0.15, -0.1) is 0 Å². The van der Waals surface area contributed by atoms with E-state index in [-0.39, 0.29) is 0 Å². The lowest BCUT2D eigenvalue weighted by Gasteiger charge is -2.16. The van der Waals surface area contributed by atoms with Crippen LogP contribution in [0.3, 0.4) is 0 Å². The molecule has 0 bridgehead atoms. The first-order valence-electron chi connectivity index (χ1n) is 7.06. The molecule has 1 aromatic carbocycles. The molecule has 2 heteroatoms. The molecule has 0 heterocycles. The highest BCUT2D eigenvalue weighted by molar-refractivity contribution is 5.26. The second-order valence-electron chi connectivity index (χ2n) is 5.47. The fourth-order valence-corrected chi connectivity index (χ4v) is 2.55. The lowest BCUT2D eigenvalue weighted by molar-refractivity contribution is 0.171. The van der Waals surface area contributed by atoms with E-state index >= 15 is 0 Å². The van der Waals surface area contributed by atoms with Crippen molar-refractivity contribution < 1.29 is 4.74 Å². The van der Waals surface area contributed by atoms with Crippen molar-refractivity contribution in [2.45, 2.75) is 39.2 Å². The molecule has 1 fully saturated rings. The zero-order valence-electron chi connectivity index (χ0n) is 11.7. The number of hydrogen-bond acceptors (Lipinski definition) is 2. The summed E-state index contributed by atoms with van der Waals surface area (Å²) in [7, 11) is 1.79. The first-order valence-corrected chi connectivity index (χ1v) is 7.06. The summed E-state index contributed by atoms with van der Waals surface area (Å²) in [5.74, 6) is 0. The summed E-state index contributed by atoms with van der Waals surface area (Å²) in [5.41, 5.74) is 3.45. The van der Waals surface area contributed by atoms with E-state index in [1.807, 2.05) is 0 Å². The number of methoxy groups -OCH3 is 1. The second-order valence-corrected chi connectivity index (χ2v) is 5.47. The maximum atomic E-state index is 5.19. The molecule has 100 valence electrons. The molecule has 0 atom stereocenters. The highest BCUT2D eigenvalue weighted by atomic mass is 16.5. The van der Waals surface area contributed by atoms with Crippen LogP contribution in [0.1, 0.15) is 37.3 Å². The van der Waals surface area contributed by atoms with Crippen molar-refractivity contribution in [2.75, 3.05) is 20.3 Å². The first-order chi connectivity index (χ1) is 8.79. The van der Waals surface area contributed by atoms with Crippen LogP contribution in [-0.4, -0.2) is 20.3 Å². The molecule has 1 saturated carbocycles. The Morgan fingerprint density at radius 2 is 1.94 bits per heavy atom. The van der Waals surface area contributed by atoms with E-state index in [9.17, 15) is 0 Å². The van der Waals surface area contributed by atoms with Crippen LogP contribution in [0.2, 0.25) is 0 Å². The monoisotopic (exact) mass is 247 g/mol. The number of benzene rings is 1. The fraction of sp³-hybridized carbons (Fsp3) is 0.625. The number of aryl methyl sites for hydroxylation is 1. The Morgan fingerprint density at radius 1 is 1.22 bits per heavy atom. The smallest absolute Gasteiger partial charge is 0.0468 e. The van der Waals surface area contributed by atoms with Crippen molar-refractivity contribution in [3.05, 3.63) is 35.4 Å². The third-order valence-corrected chi connectivity index (χ3v) is 4.11. The largest absolute Gasteiger partial charge is 0.385 e. The summed E-state index contributed by atoms with van der Waals surface area (Å²) in [4.78, 5) is 0. The van der Waals surface area contributed by atoms with Gasteiger partial charge >= 0.3 is 0 Å². The van der Waals surface area contributed by atoms with Crippen LogP contribution < -0.4 is 5.32 Å². The quantitative estimate of drug-likeness (QED) is 0.762. The summed E-state index contributed by atoms with van der Waals surface area (Å²) in [6, 6.07) is 8.73. The van der Waals surface area contributed by atoms with E-state index in [1.54, 1.807) is 7.11 Å². The predicted octanol–water partition coefficient (Wildman–Crippen LogP) is 3.16. The molecule has 1 aliphatic rings. The SMILES string of the molecule is CCc1ccccc1CNCC1(CCOC)CC1. The van der Waals surface area contributed by atoms with Crippen molar-refractivity contribution >= 4 is 0 Å². The number of ether oxygens (including phenoxy) is 1. The zero-order chi connectivity index (χ0) is 12.8. The van der Waals surface area contributed by atoms with Crippen LogP contribution >= 0.6 is 0 Å². The lowest BCUT2D eigenvalue weighted by atomic mass is 10.0. The van der Waals surface area contributed by atoms with Gasteiger partial charge < -0.3 is 10.1 Å². The minimum atomic E-state index is 0.539. The molecule has 2 rings (SSSR count). The Kier molecular flexibility index (Phi) is 4.79. The summed E-state index contributed by atoms with van der Waals surface area (Å²) in [6.07, 6.45) is 5.04. The average molecular weight is 247 g/mol. The fourth-order valence-electron chi connectivity index (χ4n) is 2.55. The zero-order valence-corrected chi connectivity index (χ0v) is 11.7. The molecule has 0 aromatic heterocycles. The highest BCUT2D eigenvalue weighted by Gasteiger charge is 2.41. The van der Waals surface area contributed by atoms with E-state index < -0.39 is 0 Å². The van der Waals surface area contributed by atoms with Crippen molar-refractivity contribution in [1.82, 2.24) is 5.32 Å². The van der Waals surface area contributed by atoms with Crippen LogP contribution in [0.25, 0.3) is 0 Å². The van der Waals surface area contributed by atoms with Gasteiger partial charge in [-0.3, -0.25) is 0 Å². The summed E-state index contributed by atoms with van der Waals surface area (Å²) in [6.45, 7) is 5.25. The maximum Gasteiger partial charge on any atom is 0.0468 e. The second kappa shape index (κ2) is 6.35. The molecule has 0 amide bonds. The standard InChI is InChI=1S/C16H25NO/c1-3-14-6-4-5-7-15(14)12-17-13-16(8-9-16)10-11-18-2/h4-7,17H,3,8-13H2,1-2H3. The molecule has 0 spiro atoms. The molecule has 0 unspecified atom stereocenters. The van der Waals surface area contributed by atoms with Gasteiger partial charge in [-0.2, -0.15) is 0 Å². The van der Waals surface area contributed by atoms with E-state index in [1.165, 1.54) is 30.4 Å². The molecule has 1 aliphatic carbocycles. The van der Waals surface area contributed by atoms with Gasteiger partial charge in [0, 0.05) is 26.8 Å². The third kappa shape index (κ3) is 3.56. The van der Waals surface area contributed by atoms with Crippen LogP contribution in [0, 0.1) is 5.41 Å². The Hall–Kier alpha value is -0.860. The van der Waals surface area contributed by atoms with Crippen molar-refractivity contribution in [2.24, 2.45) is 5.41 Å². The van der Waals surface area contributed by atoms with Gasteiger partial charge in [0.15, 0.2) is 0 Å². The Balaban J connectivity index is 1.78. The number of nitrogens with one attached hydrogen (secondary N) is 1. The van der Waals surface area contributed by atoms with Crippen LogP contribution in [0.5, 0.6) is 0 Å². The van der Waals surface area contributed by atoms with Gasteiger partial charge in [0.25, 0.3) is 0 Å². The number of hydrogen-bond donors (Lipinski definition) is 1. The van der Waals surface area contributed by atoms with Gasteiger partial charge in [-0.05, 0) is 42.2 Å². The first kappa shape index (κ1) is 13.6. The normalized spacial score (nSPS) is 16.8. The number of rotatable bonds is 8. The van der Waals surface area contributed by atoms with Crippen LogP contribution in [0.15, 0.2) is 24.3 Å². The Labute approximate surface area is 111 Å². The van der Waals surface area contributed by atoms with Crippen molar-refractivity contribution in [1.29, 1.82) is 0 Å². The minimum absolute atomic E-state index is 0.539. The lowest BCUT2D eigenvalue weighted by Crippen LogP contribution is -2.25. The van der Waals surface area contributed by atoms with E-state index in [4.69, 9.17) is 4.74 Å². The highest BCUT2D eigenvalue weighted by Crippen LogP contribution is 2.48. The van der Waals surface area contributed by atoms with Crippen molar-refractivity contribution in [3.63, 3.8) is 0 Å². The van der Waals surface area contributed by atoms with Gasteiger partial charge in [0.2, 0.25) is 0 Å². The Morgan fingerprint density at radius 3 is 2.56 bits per heavy atom. The van der Waals surface area contributed by atoms with Crippen LogP contribution in [-0.2, 0) is 17.7 Å². The van der Waals surface area contributed by atoms with Gasteiger partial charge in [-0.25, -0.2) is 0 Å². The average Bonchev–Trinajstić information content (AvgIpc) is 3.17. The summed E-state index contributed by atoms with van der Waals surface area (Å²) in [5, 5.41) is 3.63. The van der Waals surface area contributed by atoms with Crippen LogP contribution in [0.4, 0.5) is 0 Å². The van der Waals surface area contributed by atoms with E-state index in [0.29, 0.717) is 5.41 Å². The molecule has 1 N–H and O–H groups in total. The molecule has 2 nitrogen and oxygen atoms in total. The minimum Gasteiger partial charge on any atom is -0.385 e. The molecule has 0 aliphatic heterocycles. The molecule has 1 aromatic rings. The molecular formula is C16H25NO. The molecule has 18 heavy (non-hydrogen) atoms. The molecule has 0 radical (unpaired) electrons. The molecular weight excluding hydrogens is 222 g/mol.